The first-order valence-corrected chi connectivity index (χ1v) is 10.5. The molecule has 0 amide bonds. The summed E-state index contributed by atoms with van der Waals surface area (Å²) in [5.41, 5.74) is 2.77. The zero-order valence-electron chi connectivity index (χ0n) is 15.4. The van der Waals surface area contributed by atoms with E-state index in [0.717, 1.165) is 30.6 Å². The van der Waals surface area contributed by atoms with E-state index in [1.807, 2.05) is 6.07 Å². The minimum Gasteiger partial charge on any atom is -0.334 e. The highest BCUT2D eigenvalue weighted by molar-refractivity contribution is 6.30. The van der Waals surface area contributed by atoms with Gasteiger partial charge in [-0.2, -0.15) is 0 Å². The number of aliphatic imine (C=N–C) groups is 1. The van der Waals surface area contributed by atoms with E-state index in [0.29, 0.717) is 6.04 Å². The zero-order chi connectivity index (χ0) is 17.2. The van der Waals surface area contributed by atoms with Crippen molar-refractivity contribution in [3.05, 3.63) is 28.8 Å². The van der Waals surface area contributed by atoms with E-state index in [2.05, 4.69) is 28.9 Å². The molecule has 1 saturated carbocycles. The molecule has 1 aromatic carbocycles. The van der Waals surface area contributed by atoms with Crippen molar-refractivity contribution >= 4 is 23.2 Å². The Bertz CT molecular complexity index is 636. The third-order valence-corrected chi connectivity index (χ3v) is 6.36. The standard InChI is InChI=1S/C21H30ClN3/c1-2-3-12-24-19-10-9-17(22)15-18(19)20(25-13-11-23-21(24)25)14-16-7-5-4-6-8-16/h9-10,15-16,20H,2-8,11-14H2,1H3. The predicted octanol–water partition coefficient (Wildman–Crippen LogP) is 5.64. The van der Waals surface area contributed by atoms with E-state index >= 15 is 0 Å². The second-order valence-corrected chi connectivity index (χ2v) is 8.28. The molecular formula is C21H30ClN3. The number of halogens is 1. The highest BCUT2D eigenvalue weighted by Crippen LogP contribution is 2.44. The summed E-state index contributed by atoms with van der Waals surface area (Å²) in [6, 6.07) is 6.94. The fraction of sp³-hybridized carbons (Fsp3) is 0.667. The Labute approximate surface area is 157 Å². The number of hydrogen-bond acceptors (Lipinski definition) is 3. The number of benzene rings is 1. The van der Waals surface area contributed by atoms with Crippen molar-refractivity contribution < 1.29 is 0 Å². The van der Waals surface area contributed by atoms with Crippen LogP contribution in [-0.4, -0.2) is 30.5 Å². The Kier molecular flexibility index (Phi) is 5.21. The second kappa shape index (κ2) is 7.57. The maximum atomic E-state index is 6.41. The quantitative estimate of drug-likeness (QED) is 0.677. The molecule has 3 aliphatic rings. The summed E-state index contributed by atoms with van der Waals surface area (Å²) >= 11 is 6.41. The molecule has 1 aliphatic carbocycles. The molecule has 0 aromatic heterocycles. The van der Waals surface area contributed by atoms with Crippen LogP contribution in [0.1, 0.15) is 69.9 Å². The van der Waals surface area contributed by atoms with Crippen LogP contribution in [0.3, 0.4) is 0 Å². The minimum atomic E-state index is 0.455. The van der Waals surface area contributed by atoms with Gasteiger partial charge in [-0.05, 0) is 42.5 Å². The number of nitrogens with zero attached hydrogens (tertiary/aromatic N) is 3. The van der Waals surface area contributed by atoms with Crippen molar-refractivity contribution in [2.45, 2.75) is 64.3 Å². The Hall–Kier alpha value is -1.22. The number of guanidine groups is 1. The largest absolute Gasteiger partial charge is 0.334 e. The molecule has 0 spiro atoms. The molecular weight excluding hydrogens is 330 g/mol. The van der Waals surface area contributed by atoms with Gasteiger partial charge in [0.15, 0.2) is 0 Å². The molecule has 0 radical (unpaired) electrons. The monoisotopic (exact) mass is 359 g/mol. The van der Waals surface area contributed by atoms with Gasteiger partial charge in [0.1, 0.15) is 0 Å². The van der Waals surface area contributed by atoms with E-state index in [-0.39, 0.29) is 0 Å². The summed E-state index contributed by atoms with van der Waals surface area (Å²) < 4.78 is 0. The lowest BCUT2D eigenvalue weighted by atomic mass is 9.82. The molecule has 1 atom stereocenters. The zero-order valence-corrected chi connectivity index (χ0v) is 16.1. The van der Waals surface area contributed by atoms with E-state index in [9.17, 15) is 0 Å². The molecule has 2 heterocycles. The molecule has 4 rings (SSSR count). The smallest absolute Gasteiger partial charge is 0.201 e. The lowest BCUT2D eigenvalue weighted by molar-refractivity contribution is 0.235. The summed E-state index contributed by atoms with van der Waals surface area (Å²) in [6.07, 6.45) is 10.7. The van der Waals surface area contributed by atoms with Crippen LogP contribution < -0.4 is 4.90 Å². The molecule has 0 saturated heterocycles. The van der Waals surface area contributed by atoms with E-state index in [1.165, 1.54) is 68.6 Å². The van der Waals surface area contributed by atoms with Crippen LogP contribution in [0.15, 0.2) is 23.2 Å². The summed E-state index contributed by atoms with van der Waals surface area (Å²) in [6.45, 7) is 5.30. The first-order chi connectivity index (χ1) is 12.3. The van der Waals surface area contributed by atoms with Crippen LogP contribution in [0.4, 0.5) is 5.69 Å². The van der Waals surface area contributed by atoms with Crippen LogP contribution >= 0.6 is 11.6 Å². The molecule has 3 nitrogen and oxygen atoms in total. The average Bonchev–Trinajstić information content (AvgIpc) is 3.11. The summed E-state index contributed by atoms with van der Waals surface area (Å²) in [4.78, 5) is 9.91. The van der Waals surface area contributed by atoms with E-state index in [1.54, 1.807) is 0 Å². The molecule has 1 fully saturated rings. The summed E-state index contributed by atoms with van der Waals surface area (Å²) in [5.74, 6) is 2.07. The van der Waals surface area contributed by atoms with Crippen molar-refractivity contribution in [3.8, 4) is 0 Å². The fourth-order valence-electron chi connectivity index (χ4n) is 4.83. The maximum Gasteiger partial charge on any atom is 0.201 e. The molecule has 4 heteroatoms. The van der Waals surface area contributed by atoms with Crippen molar-refractivity contribution in [3.63, 3.8) is 0 Å². The van der Waals surface area contributed by atoms with Crippen LogP contribution in [0.2, 0.25) is 5.02 Å². The molecule has 1 unspecified atom stereocenters. The Morgan fingerprint density at radius 1 is 1.20 bits per heavy atom. The highest BCUT2D eigenvalue weighted by atomic mass is 35.5. The number of anilines is 1. The van der Waals surface area contributed by atoms with Gasteiger partial charge in [0.25, 0.3) is 0 Å². The van der Waals surface area contributed by atoms with Crippen molar-refractivity contribution in [1.82, 2.24) is 4.90 Å². The third kappa shape index (κ3) is 3.40. The van der Waals surface area contributed by atoms with Gasteiger partial charge in [-0.1, -0.05) is 57.0 Å². The fourth-order valence-corrected chi connectivity index (χ4v) is 5.01. The van der Waals surface area contributed by atoms with Gasteiger partial charge in [0.05, 0.1) is 12.6 Å². The highest BCUT2D eigenvalue weighted by Gasteiger charge is 2.38. The normalized spacial score (nSPS) is 23.4. The van der Waals surface area contributed by atoms with E-state index < -0.39 is 0 Å². The Balaban J connectivity index is 1.68. The molecule has 25 heavy (non-hydrogen) atoms. The van der Waals surface area contributed by atoms with Crippen molar-refractivity contribution in [2.75, 3.05) is 24.5 Å². The number of unbranched alkanes of at least 4 members (excludes halogenated alkanes) is 1. The first-order valence-electron chi connectivity index (χ1n) is 10.2. The Morgan fingerprint density at radius 3 is 2.84 bits per heavy atom. The SMILES string of the molecule is CCCCN1C2=NCCN2C(CC2CCCCC2)c2cc(Cl)ccc21. The van der Waals surface area contributed by atoms with Gasteiger partial charge < -0.3 is 9.80 Å². The Morgan fingerprint density at radius 2 is 2.04 bits per heavy atom. The summed E-state index contributed by atoms with van der Waals surface area (Å²) in [7, 11) is 0. The predicted molar refractivity (Wildman–Crippen MR) is 107 cm³/mol. The average molecular weight is 360 g/mol. The van der Waals surface area contributed by atoms with Crippen molar-refractivity contribution in [1.29, 1.82) is 0 Å². The topological polar surface area (TPSA) is 18.8 Å². The molecule has 0 N–H and O–H groups in total. The van der Waals surface area contributed by atoms with Gasteiger partial charge in [0.2, 0.25) is 5.96 Å². The molecule has 2 aliphatic heterocycles. The summed E-state index contributed by atoms with van der Waals surface area (Å²) in [5, 5.41) is 0.863. The molecule has 136 valence electrons. The van der Waals surface area contributed by atoms with Gasteiger partial charge >= 0.3 is 0 Å². The third-order valence-electron chi connectivity index (χ3n) is 6.12. The number of rotatable bonds is 5. The maximum absolute atomic E-state index is 6.41. The minimum absolute atomic E-state index is 0.455. The van der Waals surface area contributed by atoms with Gasteiger partial charge in [-0.15, -0.1) is 0 Å². The lowest BCUT2D eigenvalue weighted by Gasteiger charge is -2.44. The second-order valence-electron chi connectivity index (χ2n) is 7.84. The van der Waals surface area contributed by atoms with Gasteiger partial charge in [0, 0.05) is 23.8 Å². The van der Waals surface area contributed by atoms with Crippen LogP contribution in [0, 0.1) is 5.92 Å². The van der Waals surface area contributed by atoms with E-state index in [4.69, 9.17) is 16.6 Å². The van der Waals surface area contributed by atoms with Crippen LogP contribution in [-0.2, 0) is 0 Å². The first kappa shape index (κ1) is 17.2. The molecule has 1 aromatic rings. The lowest BCUT2D eigenvalue weighted by Crippen LogP contribution is -2.49. The van der Waals surface area contributed by atoms with Gasteiger partial charge in [-0.25, -0.2) is 0 Å². The molecule has 0 bridgehead atoms. The van der Waals surface area contributed by atoms with Crippen molar-refractivity contribution in [2.24, 2.45) is 10.9 Å². The number of fused-ring (bicyclic) bond motifs is 2. The van der Waals surface area contributed by atoms with Gasteiger partial charge in [-0.3, -0.25) is 4.99 Å². The number of hydrogen-bond donors (Lipinski definition) is 0. The van der Waals surface area contributed by atoms with Crippen LogP contribution in [0.25, 0.3) is 0 Å². The van der Waals surface area contributed by atoms with Crippen LogP contribution in [0.5, 0.6) is 0 Å².